The number of imidazole rings is 2. The normalized spacial score (nSPS) is 27.1. The fourth-order valence-electron chi connectivity index (χ4n) is 4.91. The number of hydrogen-bond donors (Lipinski definition) is 4. The van der Waals surface area contributed by atoms with Crippen molar-refractivity contribution in [3.8, 4) is 0 Å². The van der Waals surface area contributed by atoms with Crippen molar-refractivity contribution >= 4 is 72.1 Å². The van der Waals surface area contributed by atoms with E-state index in [1.165, 1.54) is 26.1 Å². The van der Waals surface area contributed by atoms with Gasteiger partial charge < -0.3 is 25.5 Å². The number of ether oxygens (including phenoxy) is 2. The topological polar surface area (TPSA) is 229 Å². The SMILES string of the molecule is COP(=O)(S)OC[C@H]1O[C@@H](n2cnc3c(N)ncnc32)C[C@@H]1OP(=O)(S)OC[C@@H]1CC[C@H](n2cnc3c(N)ncnc32)O1. The quantitative estimate of drug-likeness (QED) is 0.132. The molecule has 7 atom stereocenters. The summed E-state index contributed by atoms with van der Waals surface area (Å²) in [6.45, 7) is -7.93. The zero-order chi connectivity index (χ0) is 30.4. The van der Waals surface area contributed by atoms with Gasteiger partial charge in [-0.05, 0) is 12.8 Å². The van der Waals surface area contributed by atoms with Gasteiger partial charge in [0, 0.05) is 13.5 Å². The van der Waals surface area contributed by atoms with Gasteiger partial charge in [0.1, 0.15) is 48.4 Å². The molecule has 2 aliphatic heterocycles. The fraction of sp³-hybridized carbons (Fsp3) is 0.524. The van der Waals surface area contributed by atoms with E-state index in [0.29, 0.717) is 35.2 Å². The first-order chi connectivity index (χ1) is 20.5. The molecule has 0 amide bonds. The van der Waals surface area contributed by atoms with Gasteiger partial charge >= 0.3 is 13.6 Å². The van der Waals surface area contributed by atoms with Crippen molar-refractivity contribution < 1.29 is 36.7 Å². The first kappa shape index (κ1) is 30.6. The van der Waals surface area contributed by atoms with E-state index in [4.69, 9.17) is 39.0 Å². The molecule has 4 N–H and O–H groups in total. The lowest BCUT2D eigenvalue weighted by atomic mass is 10.2. The van der Waals surface area contributed by atoms with Gasteiger partial charge in [0.15, 0.2) is 22.9 Å². The van der Waals surface area contributed by atoms with E-state index in [0.717, 1.165) is 0 Å². The number of aromatic nitrogens is 8. The van der Waals surface area contributed by atoms with Gasteiger partial charge in [0.25, 0.3) is 0 Å². The minimum atomic E-state index is -3.95. The van der Waals surface area contributed by atoms with Crippen LogP contribution in [-0.2, 0) is 36.7 Å². The fourth-order valence-corrected chi connectivity index (χ4v) is 7.09. The molecule has 2 saturated heterocycles. The number of hydrogen-bond acceptors (Lipinski definition) is 16. The Morgan fingerprint density at radius 3 is 2.09 bits per heavy atom. The highest BCUT2D eigenvalue weighted by atomic mass is 32.7. The summed E-state index contributed by atoms with van der Waals surface area (Å²) in [5, 5.41) is 0. The second-order valence-corrected chi connectivity index (χ2v) is 15.6. The van der Waals surface area contributed by atoms with Crippen molar-refractivity contribution in [2.75, 3.05) is 31.8 Å². The molecular formula is C21H28N10O8P2S2. The third-order valence-electron chi connectivity index (χ3n) is 6.99. The highest BCUT2D eigenvalue weighted by molar-refractivity contribution is 8.44. The third-order valence-corrected chi connectivity index (χ3v) is 10.4. The lowest BCUT2D eigenvalue weighted by Gasteiger charge is -2.23. The zero-order valence-corrected chi connectivity index (χ0v) is 26.1. The lowest BCUT2D eigenvalue weighted by molar-refractivity contribution is -0.0392. The van der Waals surface area contributed by atoms with E-state index < -0.39 is 38.1 Å². The molecule has 4 aromatic heterocycles. The van der Waals surface area contributed by atoms with Gasteiger partial charge in [0.05, 0.1) is 32.0 Å². The smallest absolute Gasteiger partial charge is 0.382 e. The number of rotatable bonds is 11. The lowest BCUT2D eigenvalue weighted by Crippen LogP contribution is -2.28. The van der Waals surface area contributed by atoms with E-state index in [-0.39, 0.29) is 37.5 Å². The van der Waals surface area contributed by atoms with Gasteiger partial charge in [-0.2, -0.15) is 0 Å². The third kappa shape index (κ3) is 6.54. The Kier molecular flexibility index (Phi) is 8.69. The molecule has 43 heavy (non-hydrogen) atoms. The Balaban J connectivity index is 1.11. The molecule has 0 aliphatic carbocycles. The van der Waals surface area contributed by atoms with Crippen LogP contribution in [0.5, 0.6) is 0 Å². The van der Waals surface area contributed by atoms with Gasteiger partial charge in [-0.25, -0.2) is 39.0 Å². The van der Waals surface area contributed by atoms with Gasteiger partial charge in [-0.3, -0.25) is 22.7 Å². The van der Waals surface area contributed by atoms with E-state index in [2.05, 4.69) is 54.4 Å². The van der Waals surface area contributed by atoms with Crippen LogP contribution in [0.2, 0.25) is 0 Å². The Labute approximate surface area is 254 Å². The summed E-state index contributed by atoms with van der Waals surface area (Å²) in [7, 11) is 1.20. The largest absolute Gasteiger partial charge is 0.386 e. The molecule has 4 aromatic rings. The van der Waals surface area contributed by atoms with Crippen molar-refractivity contribution in [3.05, 3.63) is 25.3 Å². The Hall–Kier alpha value is -2.38. The molecular weight excluding hydrogens is 646 g/mol. The van der Waals surface area contributed by atoms with Gasteiger partial charge in [0.2, 0.25) is 0 Å². The van der Waals surface area contributed by atoms with E-state index in [1.807, 2.05) is 0 Å². The number of nitrogens with zero attached hydrogens (tertiary/aromatic N) is 8. The highest BCUT2D eigenvalue weighted by Gasteiger charge is 2.43. The molecule has 0 radical (unpaired) electrons. The molecule has 6 rings (SSSR count). The predicted molar refractivity (Wildman–Crippen MR) is 158 cm³/mol. The van der Waals surface area contributed by atoms with Crippen LogP contribution in [0.4, 0.5) is 11.6 Å². The predicted octanol–water partition coefficient (Wildman–Crippen LogP) is 2.94. The summed E-state index contributed by atoms with van der Waals surface area (Å²) < 4.78 is 62.9. The second-order valence-electron chi connectivity index (χ2n) is 9.68. The van der Waals surface area contributed by atoms with Crippen LogP contribution in [0.1, 0.15) is 31.7 Å². The minimum absolute atomic E-state index is 0.0585. The van der Waals surface area contributed by atoms with Crippen LogP contribution in [0.15, 0.2) is 25.3 Å². The highest BCUT2D eigenvalue weighted by Crippen LogP contribution is 2.57. The molecule has 0 aromatic carbocycles. The average Bonchev–Trinajstić information content (AvgIpc) is 3.76. The van der Waals surface area contributed by atoms with E-state index >= 15 is 0 Å². The molecule has 22 heteroatoms. The molecule has 2 fully saturated rings. The Bertz CT molecular complexity index is 1730. The average molecular weight is 675 g/mol. The standard InChI is InChI=1S/C21H28N10O8P2S2/c1-34-40(32,42)36-6-13-12(4-15(38-13)31-10-29-17-19(23)25-8-27-21(17)31)39-41(33,43)35-5-11-2-3-14(37-11)30-9-28-16-18(22)24-7-26-20(16)30/h7-15H,2-6H2,1H3,(H,32,42)(H,33,43)(H2,22,24,26)(H2,23,25,27)/t11-,12-,13+,14+,15+,40?,41?/m0/s1. The van der Waals surface area contributed by atoms with Crippen LogP contribution in [0, 0.1) is 0 Å². The minimum Gasteiger partial charge on any atom is -0.382 e. The molecule has 0 bridgehead atoms. The summed E-state index contributed by atoms with van der Waals surface area (Å²) in [6.07, 6.45) is 3.96. The van der Waals surface area contributed by atoms with Crippen molar-refractivity contribution in [2.24, 2.45) is 0 Å². The maximum atomic E-state index is 13.4. The van der Waals surface area contributed by atoms with Gasteiger partial charge in [-0.1, -0.05) is 24.5 Å². The van der Waals surface area contributed by atoms with Crippen LogP contribution in [0.25, 0.3) is 22.3 Å². The number of nitrogen functional groups attached to an aromatic ring is 2. The van der Waals surface area contributed by atoms with Crippen molar-refractivity contribution in [1.29, 1.82) is 0 Å². The number of anilines is 2. The summed E-state index contributed by atoms with van der Waals surface area (Å²) >= 11 is 8.10. The van der Waals surface area contributed by atoms with Gasteiger partial charge in [-0.15, -0.1) is 0 Å². The molecule has 2 unspecified atom stereocenters. The molecule has 18 nitrogen and oxygen atoms in total. The molecule has 6 heterocycles. The van der Waals surface area contributed by atoms with Crippen LogP contribution in [-0.4, -0.2) is 77.7 Å². The van der Waals surface area contributed by atoms with Crippen LogP contribution >= 0.6 is 38.1 Å². The van der Waals surface area contributed by atoms with Crippen molar-refractivity contribution in [1.82, 2.24) is 39.0 Å². The summed E-state index contributed by atoms with van der Waals surface area (Å²) in [5.41, 5.74) is 13.6. The maximum Gasteiger partial charge on any atom is 0.386 e. The molecule has 2 aliphatic rings. The summed E-state index contributed by atoms with van der Waals surface area (Å²) in [4.78, 5) is 24.9. The van der Waals surface area contributed by atoms with Crippen molar-refractivity contribution in [2.45, 2.75) is 50.0 Å². The van der Waals surface area contributed by atoms with E-state index in [1.54, 1.807) is 15.5 Å². The Morgan fingerprint density at radius 2 is 1.47 bits per heavy atom. The zero-order valence-electron chi connectivity index (χ0n) is 22.5. The summed E-state index contributed by atoms with van der Waals surface area (Å²) in [5.74, 6) is 0.475. The van der Waals surface area contributed by atoms with Crippen LogP contribution < -0.4 is 11.5 Å². The number of thiol groups is 2. The Morgan fingerprint density at radius 1 is 0.860 bits per heavy atom. The molecule has 0 saturated carbocycles. The maximum absolute atomic E-state index is 13.4. The number of fused-ring (bicyclic) bond motifs is 2. The monoisotopic (exact) mass is 674 g/mol. The second kappa shape index (κ2) is 12.2. The van der Waals surface area contributed by atoms with E-state index in [9.17, 15) is 9.13 Å². The first-order valence-corrected chi connectivity index (χ1v) is 18.3. The first-order valence-electron chi connectivity index (χ1n) is 12.9. The summed E-state index contributed by atoms with van der Waals surface area (Å²) in [6, 6.07) is 0. The number of nitrogens with two attached hydrogens (primary N) is 2. The molecule has 0 spiro atoms. The van der Waals surface area contributed by atoms with Crippen molar-refractivity contribution in [3.63, 3.8) is 0 Å². The van der Waals surface area contributed by atoms with Crippen LogP contribution in [0.3, 0.4) is 0 Å². The molecule has 232 valence electrons.